The first-order valence-corrected chi connectivity index (χ1v) is 11.9. The van der Waals surface area contributed by atoms with Gasteiger partial charge in [-0.3, -0.25) is 9.59 Å². The Morgan fingerprint density at radius 2 is 1.79 bits per heavy atom. The van der Waals surface area contributed by atoms with Crippen LogP contribution in [-0.4, -0.2) is 26.8 Å². The summed E-state index contributed by atoms with van der Waals surface area (Å²) in [6.07, 6.45) is 0. The number of fused-ring (bicyclic) bond motifs is 1. The maximum absolute atomic E-state index is 12.6. The monoisotopic (exact) mass is 473 g/mol. The zero-order valence-electron chi connectivity index (χ0n) is 17.8. The minimum Gasteiger partial charge on any atom is -0.337 e. The number of carbonyl (C=O) groups excluding carboxylic acids is 2. The van der Waals surface area contributed by atoms with E-state index in [9.17, 15) is 9.59 Å². The first-order valence-electron chi connectivity index (χ1n) is 10.2. The van der Waals surface area contributed by atoms with E-state index in [0.29, 0.717) is 10.8 Å². The number of aromatic nitrogens is 3. The van der Waals surface area contributed by atoms with Gasteiger partial charge in [-0.05, 0) is 48.4 Å². The van der Waals surface area contributed by atoms with Gasteiger partial charge in [-0.15, -0.1) is 22.7 Å². The number of thiazole rings is 1. The predicted octanol–water partition coefficient (Wildman–Crippen LogP) is 5.93. The first-order chi connectivity index (χ1) is 16.0. The van der Waals surface area contributed by atoms with Crippen LogP contribution in [0.5, 0.6) is 0 Å². The largest absolute Gasteiger partial charge is 0.337 e. The van der Waals surface area contributed by atoms with E-state index >= 15 is 0 Å². The molecular formula is C24H19N5O2S2. The van der Waals surface area contributed by atoms with Gasteiger partial charge in [0.2, 0.25) is 5.91 Å². The lowest BCUT2D eigenvalue weighted by atomic mass is 10.1. The van der Waals surface area contributed by atoms with Crippen molar-refractivity contribution in [1.82, 2.24) is 15.0 Å². The number of nitrogens with one attached hydrogen (secondary N) is 3. The first kappa shape index (κ1) is 21.0. The predicted molar refractivity (Wildman–Crippen MR) is 134 cm³/mol. The summed E-state index contributed by atoms with van der Waals surface area (Å²) in [6.45, 7) is 3.46. The van der Waals surface area contributed by atoms with Crippen LogP contribution in [0.1, 0.15) is 23.0 Å². The molecule has 3 heterocycles. The van der Waals surface area contributed by atoms with Gasteiger partial charge in [0.1, 0.15) is 11.5 Å². The summed E-state index contributed by atoms with van der Waals surface area (Å²) in [5.41, 5.74) is 5.06. The highest BCUT2D eigenvalue weighted by Crippen LogP contribution is 2.35. The van der Waals surface area contributed by atoms with E-state index in [1.807, 2.05) is 36.4 Å². The van der Waals surface area contributed by atoms with Gasteiger partial charge in [0, 0.05) is 22.9 Å². The number of imidazole rings is 1. The molecule has 2 aromatic carbocycles. The molecule has 0 aliphatic rings. The molecule has 0 aliphatic carbocycles. The van der Waals surface area contributed by atoms with Crippen LogP contribution in [0.15, 0.2) is 60.0 Å². The fraction of sp³-hybridized carbons (Fsp3) is 0.0833. The average Bonchev–Trinajstić information content (AvgIpc) is 3.53. The van der Waals surface area contributed by atoms with Crippen LogP contribution >= 0.6 is 22.7 Å². The Labute approximate surface area is 197 Å². The molecule has 0 bridgehead atoms. The molecule has 3 aromatic heterocycles. The lowest BCUT2D eigenvalue weighted by molar-refractivity contribution is -0.114. The van der Waals surface area contributed by atoms with Crippen LogP contribution in [-0.2, 0) is 4.79 Å². The summed E-state index contributed by atoms with van der Waals surface area (Å²) in [4.78, 5) is 38.2. The number of rotatable bonds is 5. The molecule has 2 amide bonds. The van der Waals surface area contributed by atoms with Crippen LogP contribution in [0.3, 0.4) is 0 Å². The SMILES string of the molecule is CC(=O)Nc1nc(C(=O)Nc2cccc(-c3ccc(-c4nc5c(C)cccc5[nH]4)s3)c2)cs1. The van der Waals surface area contributed by atoms with Crippen molar-refractivity contribution >= 4 is 56.3 Å². The van der Waals surface area contributed by atoms with Crippen molar-refractivity contribution in [2.75, 3.05) is 10.6 Å². The van der Waals surface area contributed by atoms with Crippen LogP contribution in [0.2, 0.25) is 0 Å². The normalized spacial score (nSPS) is 11.0. The summed E-state index contributed by atoms with van der Waals surface area (Å²) < 4.78 is 0. The number of aryl methyl sites for hydroxylation is 1. The quantitative estimate of drug-likeness (QED) is 0.294. The fourth-order valence-corrected chi connectivity index (χ4v) is 5.13. The lowest BCUT2D eigenvalue weighted by Gasteiger charge is -2.05. The highest BCUT2D eigenvalue weighted by molar-refractivity contribution is 7.18. The Morgan fingerprint density at radius 1 is 0.970 bits per heavy atom. The van der Waals surface area contributed by atoms with Gasteiger partial charge >= 0.3 is 0 Å². The zero-order valence-corrected chi connectivity index (χ0v) is 19.4. The second-order valence-corrected chi connectivity index (χ2v) is 9.42. The summed E-state index contributed by atoms with van der Waals surface area (Å²) >= 11 is 2.84. The molecule has 0 spiro atoms. The summed E-state index contributed by atoms with van der Waals surface area (Å²) in [5.74, 6) is 0.292. The smallest absolute Gasteiger partial charge is 0.275 e. The zero-order chi connectivity index (χ0) is 22.9. The van der Waals surface area contributed by atoms with Crippen molar-refractivity contribution in [3.8, 4) is 21.1 Å². The molecule has 0 atom stereocenters. The fourth-order valence-electron chi connectivity index (χ4n) is 3.44. The number of aromatic amines is 1. The van der Waals surface area contributed by atoms with E-state index in [-0.39, 0.29) is 17.5 Å². The van der Waals surface area contributed by atoms with E-state index in [4.69, 9.17) is 4.98 Å². The summed E-state index contributed by atoms with van der Waals surface area (Å²) in [5, 5.41) is 7.47. The third kappa shape index (κ3) is 4.41. The van der Waals surface area contributed by atoms with E-state index < -0.39 is 0 Å². The Balaban J connectivity index is 1.35. The van der Waals surface area contributed by atoms with Crippen molar-refractivity contribution < 1.29 is 9.59 Å². The topological polar surface area (TPSA) is 99.8 Å². The van der Waals surface area contributed by atoms with Crippen LogP contribution in [0.25, 0.3) is 32.2 Å². The highest BCUT2D eigenvalue weighted by atomic mass is 32.1. The number of benzene rings is 2. The number of nitrogens with zero attached hydrogens (tertiary/aromatic N) is 2. The molecular weight excluding hydrogens is 454 g/mol. The molecule has 3 N–H and O–H groups in total. The Bertz CT molecular complexity index is 1500. The van der Waals surface area contributed by atoms with Gasteiger partial charge in [-0.1, -0.05) is 24.3 Å². The number of hydrogen-bond donors (Lipinski definition) is 3. The Hall–Kier alpha value is -3.82. The second-order valence-electron chi connectivity index (χ2n) is 7.47. The summed E-state index contributed by atoms with van der Waals surface area (Å²) in [7, 11) is 0. The van der Waals surface area contributed by atoms with Gasteiger partial charge < -0.3 is 15.6 Å². The summed E-state index contributed by atoms with van der Waals surface area (Å²) in [6, 6.07) is 17.9. The molecule has 0 fully saturated rings. The molecule has 0 saturated carbocycles. The number of carbonyl (C=O) groups is 2. The third-order valence-electron chi connectivity index (χ3n) is 4.98. The number of anilines is 2. The molecule has 9 heteroatoms. The third-order valence-corrected chi connectivity index (χ3v) is 6.88. The van der Waals surface area contributed by atoms with Crippen molar-refractivity contribution in [3.05, 3.63) is 71.2 Å². The Morgan fingerprint density at radius 3 is 2.61 bits per heavy atom. The highest BCUT2D eigenvalue weighted by Gasteiger charge is 2.14. The Kier molecular flexibility index (Phi) is 5.49. The molecule has 5 rings (SSSR count). The molecule has 33 heavy (non-hydrogen) atoms. The van der Waals surface area contributed by atoms with Crippen molar-refractivity contribution in [2.24, 2.45) is 0 Å². The van der Waals surface area contributed by atoms with Crippen LogP contribution in [0.4, 0.5) is 10.8 Å². The van der Waals surface area contributed by atoms with E-state index in [0.717, 1.165) is 37.7 Å². The number of para-hydroxylation sites is 1. The van der Waals surface area contributed by atoms with E-state index in [2.05, 4.69) is 45.7 Å². The second kappa shape index (κ2) is 8.61. The number of amides is 2. The minimum atomic E-state index is -0.329. The number of thiophene rings is 1. The number of hydrogen-bond acceptors (Lipinski definition) is 6. The standard InChI is InChI=1S/C24H19N5O2S2/c1-13-5-3-8-17-21(13)29-22(27-17)20-10-9-19(33-20)15-6-4-7-16(11-15)26-23(31)18-12-32-24(28-18)25-14(2)30/h3-12H,1-2H3,(H,26,31)(H,27,29)(H,25,28,30). The van der Waals surface area contributed by atoms with Crippen LogP contribution in [0, 0.1) is 6.92 Å². The van der Waals surface area contributed by atoms with E-state index in [1.165, 1.54) is 18.3 Å². The maximum Gasteiger partial charge on any atom is 0.275 e. The molecule has 0 radical (unpaired) electrons. The van der Waals surface area contributed by atoms with Gasteiger partial charge in [-0.25, -0.2) is 9.97 Å². The molecule has 0 saturated heterocycles. The van der Waals surface area contributed by atoms with Crippen molar-refractivity contribution in [1.29, 1.82) is 0 Å². The van der Waals surface area contributed by atoms with Gasteiger partial charge in [0.05, 0.1) is 15.9 Å². The van der Waals surface area contributed by atoms with Gasteiger partial charge in [0.25, 0.3) is 5.91 Å². The van der Waals surface area contributed by atoms with E-state index in [1.54, 1.807) is 16.7 Å². The minimum absolute atomic E-state index is 0.225. The molecule has 164 valence electrons. The number of H-pyrrole nitrogens is 1. The van der Waals surface area contributed by atoms with Gasteiger partial charge in [-0.2, -0.15) is 0 Å². The molecule has 0 aliphatic heterocycles. The molecule has 5 aromatic rings. The lowest BCUT2D eigenvalue weighted by Crippen LogP contribution is -2.13. The average molecular weight is 474 g/mol. The van der Waals surface area contributed by atoms with Gasteiger partial charge in [0.15, 0.2) is 5.13 Å². The van der Waals surface area contributed by atoms with Crippen LogP contribution < -0.4 is 10.6 Å². The molecule has 0 unspecified atom stereocenters. The molecule has 7 nitrogen and oxygen atoms in total. The van der Waals surface area contributed by atoms with Crippen molar-refractivity contribution in [3.63, 3.8) is 0 Å². The van der Waals surface area contributed by atoms with Crippen molar-refractivity contribution in [2.45, 2.75) is 13.8 Å². The maximum atomic E-state index is 12.6.